The SMILES string of the molecule is Cc1cc(C2CCCCC2)nc(CC(N)C(=O)O)n1. The second kappa shape index (κ2) is 6.10. The van der Waals surface area contributed by atoms with Crippen molar-refractivity contribution in [2.75, 3.05) is 0 Å². The fourth-order valence-electron chi connectivity index (χ4n) is 2.64. The van der Waals surface area contributed by atoms with Gasteiger partial charge >= 0.3 is 5.97 Å². The van der Waals surface area contributed by atoms with Crippen molar-refractivity contribution in [3.63, 3.8) is 0 Å². The Bertz CT molecular complexity index is 456. The largest absolute Gasteiger partial charge is 0.480 e. The number of carbonyl (C=O) groups is 1. The molecule has 3 N–H and O–H groups in total. The molecule has 0 bridgehead atoms. The molecule has 1 atom stereocenters. The lowest BCUT2D eigenvalue weighted by Crippen LogP contribution is -2.33. The van der Waals surface area contributed by atoms with Gasteiger partial charge in [-0.05, 0) is 25.8 Å². The molecule has 1 aliphatic carbocycles. The topological polar surface area (TPSA) is 89.1 Å². The van der Waals surface area contributed by atoms with Crippen molar-refractivity contribution < 1.29 is 9.90 Å². The first kappa shape index (κ1) is 13.9. The third-order valence-corrected chi connectivity index (χ3v) is 3.66. The number of aryl methyl sites for hydroxylation is 1. The monoisotopic (exact) mass is 263 g/mol. The second-order valence-electron chi connectivity index (χ2n) is 5.33. The molecule has 0 aromatic carbocycles. The highest BCUT2D eigenvalue weighted by molar-refractivity contribution is 5.73. The average molecular weight is 263 g/mol. The average Bonchev–Trinajstić information content (AvgIpc) is 2.39. The maximum Gasteiger partial charge on any atom is 0.320 e. The van der Waals surface area contributed by atoms with Gasteiger partial charge in [-0.3, -0.25) is 4.79 Å². The van der Waals surface area contributed by atoms with Crippen LogP contribution in [-0.4, -0.2) is 27.1 Å². The van der Waals surface area contributed by atoms with E-state index < -0.39 is 12.0 Å². The molecule has 5 heteroatoms. The van der Waals surface area contributed by atoms with E-state index in [1.54, 1.807) is 0 Å². The summed E-state index contributed by atoms with van der Waals surface area (Å²) in [5, 5.41) is 8.85. The summed E-state index contributed by atoms with van der Waals surface area (Å²) >= 11 is 0. The zero-order chi connectivity index (χ0) is 13.8. The molecular weight excluding hydrogens is 242 g/mol. The van der Waals surface area contributed by atoms with Crippen LogP contribution < -0.4 is 5.73 Å². The molecule has 1 aliphatic rings. The minimum absolute atomic E-state index is 0.191. The first-order valence-corrected chi connectivity index (χ1v) is 6.89. The highest BCUT2D eigenvalue weighted by atomic mass is 16.4. The van der Waals surface area contributed by atoms with Gasteiger partial charge in [-0.25, -0.2) is 9.97 Å². The van der Waals surface area contributed by atoms with Gasteiger partial charge in [0.05, 0.1) is 0 Å². The van der Waals surface area contributed by atoms with E-state index in [0.29, 0.717) is 11.7 Å². The summed E-state index contributed by atoms with van der Waals surface area (Å²) in [5.74, 6) is 0.0371. The van der Waals surface area contributed by atoms with Crippen LogP contribution in [0.15, 0.2) is 6.07 Å². The van der Waals surface area contributed by atoms with Crippen molar-refractivity contribution in [1.82, 2.24) is 9.97 Å². The lowest BCUT2D eigenvalue weighted by atomic mass is 9.86. The maximum atomic E-state index is 10.8. The van der Waals surface area contributed by atoms with E-state index in [1.165, 1.54) is 32.1 Å². The Kier molecular flexibility index (Phi) is 4.47. The van der Waals surface area contributed by atoms with Crippen molar-refractivity contribution in [3.8, 4) is 0 Å². The van der Waals surface area contributed by atoms with E-state index in [-0.39, 0.29) is 6.42 Å². The summed E-state index contributed by atoms with van der Waals surface area (Å²) in [6, 6.07) is 1.09. The fraction of sp³-hybridized carbons (Fsp3) is 0.643. The predicted molar refractivity (Wildman–Crippen MR) is 71.9 cm³/mol. The molecule has 104 valence electrons. The van der Waals surface area contributed by atoms with E-state index in [9.17, 15) is 4.79 Å². The molecule has 0 aliphatic heterocycles. The summed E-state index contributed by atoms with van der Waals surface area (Å²) in [4.78, 5) is 19.6. The van der Waals surface area contributed by atoms with Crippen LogP contribution in [0, 0.1) is 6.92 Å². The maximum absolute atomic E-state index is 10.8. The molecule has 1 aromatic heterocycles. The normalized spacial score (nSPS) is 18.2. The Labute approximate surface area is 113 Å². The molecule has 1 unspecified atom stereocenters. The van der Waals surface area contributed by atoms with E-state index >= 15 is 0 Å². The lowest BCUT2D eigenvalue weighted by Gasteiger charge is -2.21. The first-order chi connectivity index (χ1) is 9.06. The third kappa shape index (κ3) is 3.73. The van der Waals surface area contributed by atoms with Crippen LogP contribution in [-0.2, 0) is 11.2 Å². The van der Waals surface area contributed by atoms with Crippen LogP contribution in [0.5, 0.6) is 0 Å². The minimum Gasteiger partial charge on any atom is -0.480 e. The molecule has 0 saturated heterocycles. The highest BCUT2D eigenvalue weighted by Crippen LogP contribution is 2.31. The van der Waals surface area contributed by atoms with Gasteiger partial charge in [0.15, 0.2) is 0 Å². The van der Waals surface area contributed by atoms with E-state index in [2.05, 4.69) is 9.97 Å². The molecule has 1 fully saturated rings. The van der Waals surface area contributed by atoms with Gasteiger partial charge in [-0.1, -0.05) is 19.3 Å². The number of carboxylic acids is 1. The third-order valence-electron chi connectivity index (χ3n) is 3.66. The van der Waals surface area contributed by atoms with Gasteiger partial charge in [0.1, 0.15) is 11.9 Å². The van der Waals surface area contributed by atoms with E-state index in [1.807, 2.05) is 13.0 Å². The van der Waals surface area contributed by atoms with Crippen molar-refractivity contribution in [2.24, 2.45) is 5.73 Å². The molecule has 2 rings (SSSR count). The van der Waals surface area contributed by atoms with Crippen LogP contribution in [0.1, 0.15) is 55.2 Å². The molecule has 1 heterocycles. The summed E-state index contributed by atoms with van der Waals surface area (Å²) in [5.41, 5.74) is 7.49. The first-order valence-electron chi connectivity index (χ1n) is 6.89. The van der Waals surface area contributed by atoms with Crippen LogP contribution in [0.2, 0.25) is 0 Å². The van der Waals surface area contributed by atoms with Gasteiger partial charge in [0, 0.05) is 23.7 Å². The zero-order valence-electron chi connectivity index (χ0n) is 11.3. The Balaban J connectivity index is 2.16. The minimum atomic E-state index is -1.01. The quantitative estimate of drug-likeness (QED) is 0.864. The number of aliphatic carboxylic acids is 1. The zero-order valence-corrected chi connectivity index (χ0v) is 11.3. The molecule has 5 nitrogen and oxygen atoms in total. The number of hydrogen-bond acceptors (Lipinski definition) is 4. The van der Waals surface area contributed by atoms with Crippen molar-refractivity contribution >= 4 is 5.97 Å². The van der Waals surface area contributed by atoms with Gasteiger partial charge in [-0.2, -0.15) is 0 Å². The number of nitrogens with zero attached hydrogens (tertiary/aromatic N) is 2. The summed E-state index contributed by atoms with van der Waals surface area (Å²) in [6.45, 7) is 1.92. The Morgan fingerprint density at radius 2 is 2.11 bits per heavy atom. The lowest BCUT2D eigenvalue weighted by molar-refractivity contribution is -0.138. The molecule has 0 radical (unpaired) electrons. The van der Waals surface area contributed by atoms with Crippen molar-refractivity contribution in [3.05, 3.63) is 23.3 Å². The number of nitrogens with two attached hydrogens (primary N) is 1. The van der Waals surface area contributed by atoms with Crippen molar-refractivity contribution in [1.29, 1.82) is 0 Å². The second-order valence-corrected chi connectivity index (χ2v) is 5.33. The number of rotatable bonds is 4. The van der Waals surface area contributed by atoms with Gasteiger partial charge in [0.2, 0.25) is 0 Å². The van der Waals surface area contributed by atoms with Gasteiger partial charge in [0.25, 0.3) is 0 Å². The molecule has 0 spiro atoms. The van der Waals surface area contributed by atoms with Crippen LogP contribution in [0.25, 0.3) is 0 Å². The van der Waals surface area contributed by atoms with Gasteiger partial charge < -0.3 is 10.8 Å². The van der Waals surface area contributed by atoms with Crippen molar-refractivity contribution in [2.45, 2.75) is 57.4 Å². The van der Waals surface area contributed by atoms with E-state index in [0.717, 1.165) is 11.4 Å². The molecule has 0 amide bonds. The van der Waals surface area contributed by atoms with Crippen LogP contribution in [0.3, 0.4) is 0 Å². The molecule has 19 heavy (non-hydrogen) atoms. The van der Waals surface area contributed by atoms with E-state index in [4.69, 9.17) is 10.8 Å². The smallest absolute Gasteiger partial charge is 0.320 e. The summed E-state index contributed by atoms with van der Waals surface area (Å²) in [6.07, 6.45) is 6.32. The van der Waals surface area contributed by atoms with Crippen LogP contribution >= 0.6 is 0 Å². The Hall–Kier alpha value is -1.49. The molecule has 1 saturated carbocycles. The highest BCUT2D eigenvalue weighted by Gasteiger charge is 2.19. The fourth-order valence-corrected chi connectivity index (χ4v) is 2.64. The number of hydrogen-bond donors (Lipinski definition) is 2. The predicted octanol–water partition coefficient (Wildman–Crippen LogP) is 1.79. The number of aromatic nitrogens is 2. The van der Waals surface area contributed by atoms with Gasteiger partial charge in [-0.15, -0.1) is 0 Å². The van der Waals surface area contributed by atoms with Crippen LogP contribution in [0.4, 0.5) is 0 Å². The Morgan fingerprint density at radius 3 is 2.74 bits per heavy atom. The molecular formula is C14H21N3O2. The Morgan fingerprint density at radius 1 is 1.42 bits per heavy atom. The number of carboxylic acid groups (broad SMARTS) is 1. The summed E-state index contributed by atoms with van der Waals surface area (Å²) in [7, 11) is 0. The standard InChI is InChI=1S/C14H21N3O2/c1-9-7-12(10-5-3-2-4-6-10)17-13(16-9)8-11(15)14(18)19/h7,10-11H,2-6,8,15H2,1H3,(H,18,19). The molecule has 1 aromatic rings. The summed E-state index contributed by atoms with van der Waals surface area (Å²) < 4.78 is 0.